The van der Waals surface area contributed by atoms with E-state index in [4.69, 9.17) is 23.2 Å². The van der Waals surface area contributed by atoms with Gasteiger partial charge in [-0.05, 0) is 55.3 Å². The Morgan fingerprint density at radius 2 is 2.04 bits per heavy atom. The van der Waals surface area contributed by atoms with E-state index < -0.39 is 0 Å². The number of carbonyl (C=O) groups excluding carboxylic acids is 1. The number of benzene rings is 2. The van der Waals surface area contributed by atoms with Crippen LogP contribution in [-0.2, 0) is 11.3 Å². The number of hydrogen-bond donors (Lipinski definition) is 1. The van der Waals surface area contributed by atoms with Gasteiger partial charge in [-0.2, -0.15) is 0 Å². The third-order valence-corrected chi connectivity index (χ3v) is 5.10. The highest BCUT2D eigenvalue weighted by atomic mass is 35.5. The first-order chi connectivity index (χ1) is 12.0. The summed E-state index contributed by atoms with van der Waals surface area (Å²) in [5.74, 6) is -0.535. The van der Waals surface area contributed by atoms with E-state index in [0.717, 1.165) is 31.5 Å². The van der Waals surface area contributed by atoms with Crippen LogP contribution in [0.25, 0.3) is 0 Å². The lowest BCUT2D eigenvalue weighted by Crippen LogP contribution is -2.40. The van der Waals surface area contributed by atoms with Crippen LogP contribution in [0, 0.1) is 11.7 Å². The molecule has 0 radical (unpaired) electrons. The minimum Gasteiger partial charge on any atom is -0.326 e. The molecular weight excluding hydrogens is 362 g/mol. The number of likely N-dealkylation sites (tertiary alicyclic amines) is 1. The van der Waals surface area contributed by atoms with Crippen molar-refractivity contribution in [2.45, 2.75) is 19.4 Å². The minimum absolute atomic E-state index is 0.0653. The van der Waals surface area contributed by atoms with Gasteiger partial charge in [0, 0.05) is 18.8 Å². The van der Waals surface area contributed by atoms with Crippen molar-refractivity contribution in [2.24, 2.45) is 5.92 Å². The average Bonchev–Trinajstić information content (AvgIpc) is 2.58. The van der Waals surface area contributed by atoms with Crippen LogP contribution in [-0.4, -0.2) is 23.9 Å². The molecule has 1 aliphatic heterocycles. The summed E-state index contributed by atoms with van der Waals surface area (Å²) in [6.45, 7) is 2.33. The van der Waals surface area contributed by atoms with Crippen LogP contribution < -0.4 is 5.32 Å². The van der Waals surface area contributed by atoms with Crippen LogP contribution >= 0.6 is 23.2 Å². The van der Waals surface area contributed by atoms with Crippen LogP contribution in [0.1, 0.15) is 18.4 Å². The Bertz CT molecular complexity index is 769. The van der Waals surface area contributed by atoms with E-state index in [0.29, 0.717) is 22.3 Å². The number of nitrogens with zero attached hydrogens (tertiary/aromatic N) is 1. The first kappa shape index (κ1) is 18.2. The summed E-state index contributed by atoms with van der Waals surface area (Å²) in [5.41, 5.74) is 1.56. The van der Waals surface area contributed by atoms with E-state index >= 15 is 0 Å². The maximum atomic E-state index is 13.2. The van der Waals surface area contributed by atoms with E-state index in [2.05, 4.69) is 10.2 Å². The van der Waals surface area contributed by atoms with Crippen LogP contribution in [0.5, 0.6) is 0 Å². The molecule has 1 amide bonds. The fraction of sp³-hybridized carbons (Fsp3) is 0.316. The summed E-state index contributed by atoms with van der Waals surface area (Å²) in [4.78, 5) is 14.7. The predicted octanol–water partition coefficient (Wildman–Crippen LogP) is 4.98. The summed E-state index contributed by atoms with van der Waals surface area (Å²) in [6.07, 6.45) is 1.78. The molecule has 0 saturated carbocycles. The van der Waals surface area contributed by atoms with Gasteiger partial charge in [0.1, 0.15) is 5.82 Å². The fourth-order valence-corrected chi connectivity index (χ4v) is 3.44. The van der Waals surface area contributed by atoms with Gasteiger partial charge in [0.15, 0.2) is 0 Å². The molecule has 2 aromatic carbocycles. The van der Waals surface area contributed by atoms with Crippen molar-refractivity contribution in [3.63, 3.8) is 0 Å². The Kier molecular flexibility index (Phi) is 5.94. The van der Waals surface area contributed by atoms with Gasteiger partial charge in [-0.3, -0.25) is 9.69 Å². The summed E-state index contributed by atoms with van der Waals surface area (Å²) in [5, 5.41) is 3.89. The van der Waals surface area contributed by atoms with E-state index in [9.17, 15) is 9.18 Å². The fourth-order valence-electron chi connectivity index (χ4n) is 3.12. The zero-order valence-electron chi connectivity index (χ0n) is 13.6. The third-order valence-electron chi connectivity index (χ3n) is 4.36. The highest BCUT2D eigenvalue weighted by Crippen LogP contribution is 2.25. The lowest BCUT2D eigenvalue weighted by Gasteiger charge is -2.32. The van der Waals surface area contributed by atoms with Gasteiger partial charge < -0.3 is 5.32 Å². The molecule has 0 bridgehead atoms. The maximum absolute atomic E-state index is 13.2. The van der Waals surface area contributed by atoms with E-state index in [1.54, 1.807) is 18.2 Å². The predicted molar refractivity (Wildman–Crippen MR) is 99.5 cm³/mol. The van der Waals surface area contributed by atoms with Gasteiger partial charge in [0.25, 0.3) is 0 Å². The van der Waals surface area contributed by atoms with E-state index in [1.807, 2.05) is 12.1 Å². The molecule has 0 spiro atoms. The Labute approximate surface area is 156 Å². The van der Waals surface area contributed by atoms with Gasteiger partial charge in [-0.15, -0.1) is 0 Å². The van der Waals surface area contributed by atoms with Crippen LogP contribution in [0.3, 0.4) is 0 Å². The zero-order chi connectivity index (χ0) is 17.8. The molecule has 2 aromatic rings. The molecule has 1 fully saturated rings. The number of halogens is 3. The number of amides is 1. The van der Waals surface area contributed by atoms with Crippen molar-refractivity contribution in [3.05, 3.63) is 63.9 Å². The van der Waals surface area contributed by atoms with Crippen LogP contribution in [0.4, 0.5) is 10.1 Å². The molecule has 25 heavy (non-hydrogen) atoms. The van der Waals surface area contributed by atoms with Crippen molar-refractivity contribution in [2.75, 3.05) is 18.4 Å². The highest BCUT2D eigenvalue weighted by molar-refractivity contribution is 6.42. The number of carbonyl (C=O) groups is 1. The maximum Gasteiger partial charge on any atom is 0.228 e. The summed E-state index contributed by atoms with van der Waals surface area (Å²) in [7, 11) is 0. The Morgan fingerprint density at radius 3 is 2.80 bits per heavy atom. The summed E-state index contributed by atoms with van der Waals surface area (Å²) in [6, 6.07) is 11.6. The lowest BCUT2D eigenvalue weighted by molar-refractivity contribution is -0.121. The molecule has 0 aromatic heterocycles. The number of piperidine rings is 1. The molecule has 1 aliphatic rings. The number of anilines is 1. The Morgan fingerprint density at radius 1 is 1.20 bits per heavy atom. The SMILES string of the molecule is O=C(Nc1cccc(F)c1)C1CCCN(Cc2ccc(Cl)c(Cl)c2)C1. The third kappa shape index (κ3) is 4.94. The molecule has 0 aliphatic carbocycles. The first-order valence-corrected chi connectivity index (χ1v) is 8.99. The summed E-state index contributed by atoms with van der Waals surface area (Å²) < 4.78 is 13.2. The van der Waals surface area contributed by atoms with Crippen LogP contribution in [0.15, 0.2) is 42.5 Å². The Balaban J connectivity index is 1.60. The monoisotopic (exact) mass is 380 g/mol. The minimum atomic E-state index is -0.359. The van der Waals surface area contributed by atoms with Crippen molar-refractivity contribution in [1.82, 2.24) is 4.90 Å². The topological polar surface area (TPSA) is 32.3 Å². The standard InChI is InChI=1S/C19H19Cl2FN2O/c20-17-7-6-13(9-18(17)21)11-24-8-2-3-14(12-24)19(25)23-16-5-1-4-15(22)10-16/h1,4-7,9-10,14H,2-3,8,11-12H2,(H,23,25). The van der Waals surface area contributed by atoms with Crippen molar-refractivity contribution in [1.29, 1.82) is 0 Å². The van der Waals surface area contributed by atoms with Gasteiger partial charge in [-0.1, -0.05) is 35.3 Å². The number of hydrogen-bond acceptors (Lipinski definition) is 2. The zero-order valence-corrected chi connectivity index (χ0v) is 15.2. The normalized spacial score (nSPS) is 18.1. The van der Waals surface area contributed by atoms with Crippen molar-refractivity contribution in [3.8, 4) is 0 Å². The molecular formula is C19H19Cl2FN2O. The van der Waals surface area contributed by atoms with Crippen molar-refractivity contribution >= 4 is 34.8 Å². The quantitative estimate of drug-likeness (QED) is 0.810. The van der Waals surface area contributed by atoms with Gasteiger partial charge in [0.2, 0.25) is 5.91 Å². The van der Waals surface area contributed by atoms with Crippen molar-refractivity contribution < 1.29 is 9.18 Å². The Hall–Kier alpha value is -1.62. The van der Waals surface area contributed by atoms with Gasteiger partial charge in [0.05, 0.1) is 16.0 Å². The summed E-state index contributed by atoms with van der Waals surface area (Å²) >= 11 is 12.0. The molecule has 1 saturated heterocycles. The second-order valence-electron chi connectivity index (χ2n) is 6.32. The highest BCUT2D eigenvalue weighted by Gasteiger charge is 2.26. The molecule has 3 nitrogen and oxygen atoms in total. The molecule has 1 N–H and O–H groups in total. The molecule has 1 unspecified atom stereocenters. The van der Waals surface area contributed by atoms with Gasteiger partial charge in [-0.25, -0.2) is 4.39 Å². The lowest BCUT2D eigenvalue weighted by atomic mass is 9.96. The first-order valence-electron chi connectivity index (χ1n) is 8.24. The molecule has 1 atom stereocenters. The van der Waals surface area contributed by atoms with Crippen LogP contribution in [0.2, 0.25) is 10.0 Å². The molecule has 1 heterocycles. The second-order valence-corrected chi connectivity index (χ2v) is 7.14. The van der Waals surface area contributed by atoms with E-state index in [-0.39, 0.29) is 17.6 Å². The van der Waals surface area contributed by atoms with Gasteiger partial charge >= 0.3 is 0 Å². The largest absolute Gasteiger partial charge is 0.326 e. The average molecular weight is 381 g/mol. The number of rotatable bonds is 4. The second kappa shape index (κ2) is 8.17. The smallest absolute Gasteiger partial charge is 0.228 e. The molecule has 3 rings (SSSR count). The molecule has 6 heteroatoms. The number of nitrogens with one attached hydrogen (secondary N) is 1. The van der Waals surface area contributed by atoms with E-state index in [1.165, 1.54) is 12.1 Å². The molecule has 132 valence electrons.